The van der Waals surface area contributed by atoms with Gasteiger partial charge in [0.05, 0.1) is 6.04 Å². The highest BCUT2D eigenvalue weighted by molar-refractivity contribution is 5.60. The smallest absolute Gasteiger partial charge is 0.117 e. The van der Waals surface area contributed by atoms with Gasteiger partial charge in [0, 0.05) is 18.2 Å². The van der Waals surface area contributed by atoms with E-state index in [2.05, 4.69) is 62.5 Å². The quantitative estimate of drug-likeness (QED) is 0.733. The lowest BCUT2D eigenvalue weighted by Crippen LogP contribution is -2.19. The summed E-state index contributed by atoms with van der Waals surface area (Å²) in [5.74, 6) is 0. The molecule has 0 saturated heterocycles. The zero-order chi connectivity index (χ0) is 16.9. The topological polar surface area (TPSA) is 42.7 Å². The first-order chi connectivity index (χ1) is 11.6. The first-order valence-electron chi connectivity index (χ1n) is 8.44. The molecule has 0 fully saturated rings. The Morgan fingerprint density at radius 3 is 2.12 bits per heavy atom. The van der Waals surface area contributed by atoms with Gasteiger partial charge in [-0.3, -0.25) is 0 Å². The molecular weight excluding hydrogens is 296 g/mol. The fourth-order valence-electron chi connectivity index (χ4n) is 2.63. The van der Waals surface area contributed by atoms with Crippen LogP contribution in [0.5, 0.6) is 0 Å². The molecule has 0 aliphatic carbocycles. The standard InChI is InChI=1S/C20H24N4/c1-15(2)24-22-19(20(23-24)18-12-8-5-9-13-18)14-21-16(3)17-10-6-4-7-11-17/h4-13,15-16,21H,14H2,1-3H3/t16-/m0/s1. The van der Waals surface area contributed by atoms with E-state index in [1.165, 1.54) is 5.56 Å². The molecule has 2 aromatic carbocycles. The molecule has 24 heavy (non-hydrogen) atoms. The van der Waals surface area contributed by atoms with Gasteiger partial charge in [0.25, 0.3) is 0 Å². The van der Waals surface area contributed by atoms with Gasteiger partial charge in [0.2, 0.25) is 0 Å². The van der Waals surface area contributed by atoms with Crippen molar-refractivity contribution in [2.75, 3.05) is 0 Å². The zero-order valence-corrected chi connectivity index (χ0v) is 14.5. The lowest BCUT2D eigenvalue weighted by atomic mass is 10.1. The third-order valence-electron chi connectivity index (χ3n) is 4.08. The molecule has 3 aromatic rings. The molecule has 1 N–H and O–H groups in total. The molecule has 0 aliphatic rings. The van der Waals surface area contributed by atoms with Gasteiger partial charge >= 0.3 is 0 Å². The zero-order valence-electron chi connectivity index (χ0n) is 14.5. The van der Waals surface area contributed by atoms with Crippen LogP contribution in [-0.4, -0.2) is 15.0 Å². The van der Waals surface area contributed by atoms with Crippen molar-refractivity contribution in [3.8, 4) is 11.3 Å². The maximum absolute atomic E-state index is 4.70. The molecule has 4 nitrogen and oxygen atoms in total. The average molecular weight is 320 g/mol. The van der Waals surface area contributed by atoms with Gasteiger partial charge in [0.1, 0.15) is 11.4 Å². The summed E-state index contributed by atoms with van der Waals surface area (Å²) in [5.41, 5.74) is 4.32. The third kappa shape index (κ3) is 3.71. The second-order valence-electron chi connectivity index (χ2n) is 6.29. The lowest BCUT2D eigenvalue weighted by Gasteiger charge is -2.13. The minimum atomic E-state index is 0.243. The summed E-state index contributed by atoms with van der Waals surface area (Å²) >= 11 is 0. The summed E-state index contributed by atoms with van der Waals surface area (Å²) in [6, 6.07) is 21.2. The summed E-state index contributed by atoms with van der Waals surface area (Å²) in [7, 11) is 0. The van der Waals surface area contributed by atoms with E-state index in [4.69, 9.17) is 10.2 Å². The molecule has 1 atom stereocenters. The van der Waals surface area contributed by atoms with Crippen LogP contribution in [0.4, 0.5) is 0 Å². The number of hydrogen-bond donors (Lipinski definition) is 1. The Labute approximate surface area is 143 Å². The molecule has 0 unspecified atom stereocenters. The number of nitrogens with zero attached hydrogens (tertiary/aromatic N) is 3. The van der Waals surface area contributed by atoms with Crippen LogP contribution in [0.25, 0.3) is 11.3 Å². The highest BCUT2D eigenvalue weighted by Crippen LogP contribution is 2.22. The van der Waals surface area contributed by atoms with Gasteiger partial charge in [-0.15, -0.1) is 0 Å². The van der Waals surface area contributed by atoms with E-state index in [0.717, 1.165) is 17.0 Å². The molecule has 0 bridgehead atoms. The first kappa shape index (κ1) is 16.4. The van der Waals surface area contributed by atoms with Crippen molar-refractivity contribution in [1.29, 1.82) is 0 Å². The van der Waals surface area contributed by atoms with Crippen molar-refractivity contribution in [3.05, 3.63) is 71.9 Å². The van der Waals surface area contributed by atoms with Crippen LogP contribution in [-0.2, 0) is 6.54 Å². The van der Waals surface area contributed by atoms with Crippen molar-refractivity contribution >= 4 is 0 Å². The Kier molecular flexibility index (Phi) is 5.06. The largest absolute Gasteiger partial charge is 0.304 e. The van der Waals surface area contributed by atoms with Gasteiger partial charge in [-0.2, -0.15) is 15.0 Å². The van der Waals surface area contributed by atoms with E-state index in [0.29, 0.717) is 6.54 Å². The van der Waals surface area contributed by atoms with E-state index >= 15 is 0 Å². The van der Waals surface area contributed by atoms with Crippen LogP contribution in [0.2, 0.25) is 0 Å². The monoisotopic (exact) mass is 320 g/mol. The Morgan fingerprint density at radius 1 is 0.875 bits per heavy atom. The van der Waals surface area contributed by atoms with Crippen molar-refractivity contribution in [2.45, 2.75) is 39.4 Å². The number of benzene rings is 2. The molecule has 4 heteroatoms. The minimum Gasteiger partial charge on any atom is -0.304 e. The molecule has 0 spiro atoms. The Hall–Kier alpha value is -2.46. The number of aromatic nitrogens is 3. The first-order valence-corrected chi connectivity index (χ1v) is 8.44. The summed E-state index contributed by atoms with van der Waals surface area (Å²) in [6.07, 6.45) is 0. The molecule has 0 aliphatic heterocycles. The summed E-state index contributed by atoms with van der Waals surface area (Å²) in [4.78, 5) is 1.80. The summed E-state index contributed by atoms with van der Waals surface area (Å²) in [5, 5.41) is 13.0. The van der Waals surface area contributed by atoms with Gasteiger partial charge in [-0.05, 0) is 26.3 Å². The Balaban J connectivity index is 1.82. The molecule has 0 radical (unpaired) electrons. The highest BCUT2D eigenvalue weighted by atomic mass is 15.5. The number of hydrogen-bond acceptors (Lipinski definition) is 3. The maximum atomic E-state index is 4.70. The normalized spacial score (nSPS) is 12.5. The van der Waals surface area contributed by atoms with Crippen molar-refractivity contribution in [1.82, 2.24) is 20.3 Å². The third-order valence-corrected chi connectivity index (χ3v) is 4.08. The highest BCUT2D eigenvalue weighted by Gasteiger charge is 2.15. The number of rotatable bonds is 6. The molecule has 3 rings (SSSR count). The van der Waals surface area contributed by atoms with E-state index in [-0.39, 0.29) is 12.1 Å². The minimum absolute atomic E-state index is 0.243. The van der Waals surface area contributed by atoms with Crippen molar-refractivity contribution < 1.29 is 0 Å². The Bertz CT molecular complexity index is 763. The average Bonchev–Trinajstić information content (AvgIpc) is 3.06. The summed E-state index contributed by atoms with van der Waals surface area (Å²) in [6.45, 7) is 7.05. The van der Waals surface area contributed by atoms with E-state index in [1.54, 1.807) is 4.80 Å². The molecule has 1 aromatic heterocycles. The lowest BCUT2D eigenvalue weighted by molar-refractivity contribution is 0.459. The maximum Gasteiger partial charge on any atom is 0.117 e. The van der Waals surface area contributed by atoms with Crippen LogP contribution in [0.15, 0.2) is 60.7 Å². The molecule has 0 amide bonds. The predicted molar refractivity (Wildman–Crippen MR) is 97.5 cm³/mol. The predicted octanol–water partition coefficient (Wildman–Crippen LogP) is 4.38. The van der Waals surface area contributed by atoms with Gasteiger partial charge in [0.15, 0.2) is 0 Å². The Morgan fingerprint density at radius 2 is 1.50 bits per heavy atom. The second-order valence-corrected chi connectivity index (χ2v) is 6.29. The molecule has 1 heterocycles. The van der Waals surface area contributed by atoms with Crippen LogP contribution in [0, 0.1) is 0 Å². The van der Waals surface area contributed by atoms with Gasteiger partial charge in [-0.25, -0.2) is 0 Å². The second kappa shape index (κ2) is 7.41. The van der Waals surface area contributed by atoms with Crippen molar-refractivity contribution in [2.24, 2.45) is 0 Å². The fourth-order valence-corrected chi connectivity index (χ4v) is 2.63. The van der Waals surface area contributed by atoms with Crippen LogP contribution >= 0.6 is 0 Å². The van der Waals surface area contributed by atoms with Crippen LogP contribution < -0.4 is 5.32 Å². The number of nitrogens with one attached hydrogen (secondary N) is 1. The molecular formula is C20H24N4. The van der Waals surface area contributed by atoms with E-state index in [9.17, 15) is 0 Å². The van der Waals surface area contributed by atoms with Crippen LogP contribution in [0.1, 0.15) is 44.1 Å². The van der Waals surface area contributed by atoms with E-state index in [1.807, 2.05) is 24.3 Å². The molecule has 0 saturated carbocycles. The molecule has 124 valence electrons. The van der Waals surface area contributed by atoms with E-state index < -0.39 is 0 Å². The van der Waals surface area contributed by atoms with Crippen molar-refractivity contribution in [3.63, 3.8) is 0 Å². The van der Waals surface area contributed by atoms with Crippen LogP contribution in [0.3, 0.4) is 0 Å². The SMILES string of the molecule is CC(C)n1nc(CN[C@@H](C)c2ccccc2)c(-c2ccccc2)n1. The summed E-state index contributed by atoms with van der Waals surface area (Å²) < 4.78 is 0. The van der Waals surface area contributed by atoms with Gasteiger partial charge in [-0.1, -0.05) is 60.7 Å². The van der Waals surface area contributed by atoms with Gasteiger partial charge < -0.3 is 5.32 Å². The fraction of sp³-hybridized carbons (Fsp3) is 0.300.